The number of fused-ring (bicyclic) bond motifs is 1. The molecule has 0 aliphatic carbocycles. The molecule has 0 atom stereocenters. The monoisotopic (exact) mass is 151 g/mol. The van der Waals surface area contributed by atoms with Gasteiger partial charge >= 0.3 is 0 Å². The fraction of sp³-hybridized carbons (Fsp3) is 0.167. The minimum absolute atomic E-state index is 0.924. The minimum atomic E-state index is 0.924. The second-order valence-corrected chi connectivity index (χ2v) is 2.82. The smallest absolute Gasteiger partial charge is 0.127 e. The largest absolute Gasteiger partial charge is 0.195 e. The Morgan fingerprint density at radius 2 is 2.40 bits per heavy atom. The molecule has 0 aliphatic rings. The van der Waals surface area contributed by atoms with Gasteiger partial charge in [0.1, 0.15) is 5.52 Å². The highest BCUT2D eigenvalue weighted by Gasteiger charge is 2.00. The third kappa shape index (κ3) is 0.690. The molecule has 0 amide bonds. The molecular weight excluding hydrogens is 146 g/mol. The molecule has 50 valence electrons. The van der Waals surface area contributed by atoms with Crippen LogP contribution in [0.15, 0.2) is 12.3 Å². The van der Waals surface area contributed by atoms with Crippen molar-refractivity contribution in [3.05, 3.63) is 18.0 Å². The zero-order chi connectivity index (χ0) is 6.97. The molecule has 4 heteroatoms. The lowest BCUT2D eigenvalue weighted by molar-refractivity contribution is 1.07. The first kappa shape index (κ1) is 5.73. The van der Waals surface area contributed by atoms with Crippen molar-refractivity contribution in [2.45, 2.75) is 6.92 Å². The minimum Gasteiger partial charge on any atom is -0.195 e. The van der Waals surface area contributed by atoms with Crippen molar-refractivity contribution >= 4 is 21.7 Å². The summed E-state index contributed by atoms with van der Waals surface area (Å²) in [7, 11) is 0. The second kappa shape index (κ2) is 1.98. The van der Waals surface area contributed by atoms with E-state index in [1.807, 2.05) is 13.0 Å². The van der Waals surface area contributed by atoms with Crippen molar-refractivity contribution in [2.24, 2.45) is 0 Å². The molecule has 0 spiro atoms. The summed E-state index contributed by atoms with van der Waals surface area (Å²) < 4.78 is 5.24. The van der Waals surface area contributed by atoms with Crippen LogP contribution in [0.4, 0.5) is 0 Å². The first-order valence-corrected chi connectivity index (χ1v) is 3.69. The molecule has 0 aromatic carbocycles. The van der Waals surface area contributed by atoms with Crippen LogP contribution in [0.2, 0.25) is 0 Å². The molecule has 2 heterocycles. The van der Waals surface area contributed by atoms with Crippen LogP contribution in [0.5, 0.6) is 0 Å². The van der Waals surface area contributed by atoms with Crippen LogP contribution in [0.3, 0.4) is 0 Å². The van der Waals surface area contributed by atoms with Crippen molar-refractivity contribution < 1.29 is 0 Å². The SMILES string of the molecule is Cc1nsc2ccnnc12. The summed E-state index contributed by atoms with van der Waals surface area (Å²) in [5.41, 5.74) is 1.89. The van der Waals surface area contributed by atoms with Gasteiger partial charge < -0.3 is 0 Å². The number of hydrogen-bond acceptors (Lipinski definition) is 4. The molecule has 2 aromatic rings. The van der Waals surface area contributed by atoms with E-state index in [2.05, 4.69) is 14.6 Å². The van der Waals surface area contributed by atoms with E-state index in [1.165, 1.54) is 11.5 Å². The number of aryl methyl sites for hydroxylation is 1. The lowest BCUT2D eigenvalue weighted by atomic mass is 10.4. The standard InChI is InChI=1S/C6H5N3S/c1-4-6-5(10-9-4)2-3-7-8-6/h2-3H,1H3. The Balaban J connectivity index is 2.93. The fourth-order valence-electron chi connectivity index (χ4n) is 0.806. The van der Waals surface area contributed by atoms with Crippen LogP contribution in [0.25, 0.3) is 10.2 Å². The van der Waals surface area contributed by atoms with E-state index in [4.69, 9.17) is 0 Å². The molecule has 0 saturated heterocycles. The summed E-state index contributed by atoms with van der Waals surface area (Å²) >= 11 is 1.46. The summed E-state index contributed by atoms with van der Waals surface area (Å²) in [6, 6.07) is 1.92. The average Bonchev–Trinajstić information content (AvgIpc) is 2.34. The summed E-state index contributed by atoms with van der Waals surface area (Å²) in [6.45, 7) is 1.94. The van der Waals surface area contributed by atoms with E-state index in [1.54, 1.807) is 6.20 Å². The van der Waals surface area contributed by atoms with Crippen LogP contribution in [0.1, 0.15) is 5.69 Å². The van der Waals surface area contributed by atoms with E-state index in [0.29, 0.717) is 0 Å². The lowest BCUT2D eigenvalue weighted by Crippen LogP contribution is -1.79. The summed E-state index contributed by atoms with van der Waals surface area (Å²) in [4.78, 5) is 0. The molecular formula is C6H5N3S. The molecule has 3 nitrogen and oxygen atoms in total. The Bertz CT molecular complexity index is 355. The van der Waals surface area contributed by atoms with Crippen molar-refractivity contribution in [3.63, 3.8) is 0 Å². The molecule has 0 unspecified atom stereocenters. The Morgan fingerprint density at radius 1 is 1.50 bits per heavy atom. The van der Waals surface area contributed by atoms with Crippen LogP contribution in [0, 0.1) is 6.92 Å². The molecule has 0 N–H and O–H groups in total. The molecule has 0 radical (unpaired) electrons. The maximum atomic E-state index is 4.13. The Hall–Kier alpha value is -1.03. The van der Waals surface area contributed by atoms with Gasteiger partial charge in [-0.25, -0.2) is 0 Å². The lowest BCUT2D eigenvalue weighted by Gasteiger charge is -1.82. The predicted octanol–water partition coefficient (Wildman–Crippen LogP) is 1.39. The van der Waals surface area contributed by atoms with Gasteiger partial charge in [0.25, 0.3) is 0 Å². The predicted molar refractivity (Wildman–Crippen MR) is 39.9 cm³/mol. The van der Waals surface area contributed by atoms with E-state index < -0.39 is 0 Å². The first-order chi connectivity index (χ1) is 4.88. The van der Waals surface area contributed by atoms with Crippen LogP contribution < -0.4 is 0 Å². The quantitative estimate of drug-likeness (QED) is 0.571. The topological polar surface area (TPSA) is 38.7 Å². The van der Waals surface area contributed by atoms with Gasteiger partial charge in [0, 0.05) is 0 Å². The Kier molecular flexibility index (Phi) is 1.14. The van der Waals surface area contributed by atoms with Crippen molar-refractivity contribution in [2.75, 3.05) is 0 Å². The Labute approximate surface area is 61.9 Å². The van der Waals surface area contributed by atoms with Gasteiger partial charge in [-0.3, -0.25) is 0 Å². The van der Waals surface area contributed by atoms with Gasteiger partial charge in [-0.1, -0.05) is 0 Å². The van der Waals surface area contributed by atoms with Crippen LogP contribution >= 0.6 is 11.5 Å². The third-order valence-corrected chi connectivity index (χ3v) is 2.20. The van der Waals surface area contributed by atoms with E-state index >= 15 is 0 Å². The molecule has 0 fully saturated rings. The fourth-order valence-corrected chi connectivity index (χ4v) is 1.52. The first-order valence-electron chi connectivity index (χ1n) is 2.91. The maximum Gasteiger partial charge on any atom is 0.127 e. The van der Waals surface area contributed by atoms with Gasteiger partial charge in [0.2, 0.25) is 0 Å². The summed E-state index contributed by atoms with van der Waals surface area (Å²) in [5, 5.41) is 7.70. The van der Waals surface area contributed by atoms with Gasteiger partial charge in [0.05, 0.1) is 16.6 Å². The molecule has 10 heavy (non-hydrogen) atoms. The zero-order valence-corrected chi connectivity index (χ0v) is 6.22. The second-order valence-electron chi connectivity index (χ2n) is 2.01. The summed E-state index contributed by atoms with van der Waals surface area (Å²) in [5.74, 6) is 0. The van der Waals surface area contributed by atoms with Crippen molar-refractivity contribution in [1.29, 1.82) is 0 Å². The van der Waals surface area contributed by atoms with Crippen LogP contribution in [-0.4, -0.2) is 14.6 Å². The van der Waals surface area contributed by atoms with E-state index in [-0.39, 0.29) is 0 Å². The molecule has 0 aliphatic heterocycles. The molecule has 2 aromatic heterocycles. The number of nitrogens with zero attached hydrogens (tertiary/aromatic N) is 3. The normalized spacial score (nSPS) is 10.5. The number of hydrogen-bond donors (Lipinski definition) is 0. The van der Waals surface area contributed by atoms with Crippen LogP contribution in [-0.2, 0) is 0 Å². The van der Waals surface area contributed by atoms with Crippen molar-refractivity contribution in [1.82, 2.24) is 14.6 Å². The Morgan fingerprint density at radius 3 is 3.20 bits per heavy atom. The van der Waals surface area contributed by atoms with Gasteiger partial charge in [0.15, 0.2) is 0 Å². The molecule has 0 bridgehead atoms. The van der Waals surface area contributed by atoms with E-state index in [9.17, 15) is 0 Å². The average molecular weight is 151 g/mol. The number of aromatic nitrogens is 3. The van der Waals surface area contributed by atoms with Crippen molar-refractivity contribution in [3.8, 4) is 0 Å². The number of rotatable bonds is 0. The van der Waals surface area contributed by atoms with Gasteiger partial charge in [-0.15, -0.1) is 5.10 Å². The van der Waals surface area contributed by atoms with E-state index in [0.717, 1.165) is 15.9 Å². The molecule has 2 rings (SSSR count). The highest BCUT2D eigenvalue weighted by molar-refractivity contribution is 7.13. The highest BCUT2D eigenvalue weighted by Crippen LogP contribution is 2.17. The maximum absolute atomic E-state index is 4.13. The highest BCUT2D eigenvalue weighted by atomic mass is 32.1. The van der Waals surface area contributed by atoms with Gasteiger partial charge in [-0.05, 0) is 24.5 Å². The van der Waals surface area contributed by atoms with Gasteiger partial charge in [-0.2, -0.15) is 9.47 Å². The molecule has 0 saturated carbocycles. The third-order valence-electron chi connectivity index (χ3n) is 1.31. The summed E-state index contributed by atoms with van der Waals surface area (Å²) in [6.07, 6.45) is 1.68. The zero-order valence-electron chi connectivity index (χ0n) is 5.40.